The summed E-state index contributed by atoms with van der Waals surface area (Å²) in [6, 6.07) is 4.98. The van der Waals surface area contributed by atoms with Gasteiger partial charge >= 0.3 is 0 Å². The largest absolute Gasteiger partial charge is 0.327 e. The van der Waals surface area contributed by atoms with E-state index in [9.17, 15) is 4.39 Å². The Balaban J connectivity index is 2.03. The maximum atomic E-state index is 13.6. The molecule has 1 heterocycles. The van der Waals surface area contributed by atoms with E-state index >= 15 is 0 Å². The molecule has 1 fully saturated rings. The summed E-state index contributed by atoms with van der Waals surface area (Å²) in [6.07, 6.45) is 0.976. The van der Waals surface area contributed by atoms with Gasteiger partial charge in [0.15, 0.2) is 0 Å². The summed E-state index contributed by atoms with van der Waals surface area (Å²) < 4.78 is 13.6. The minimum Gasteiger partial charge on any atom is -0.327 e. The Kier molecular flexibility index (Phi) is 4.02. The van der Waals surface area contributed by atoms with Crippen LogP contribution in [-0.4, -0.2) is 24.0 Å². The van der Waals surface area contributed by atoms with Gasteiger partial charge in [0.2, 0.25) is 0 Å². The zero-order valence-electron chi connectivity index (χ0n) is 10.00. The van der Waals surface area contributed by atoms with Gasteiger partial charge in [0.25, 0.3) is 0 Å². The highest BCUT2D eigenvalue weighted by Crippen LogP contribution is 2.20. The van der Waals surface area contributed by atoms with Crippen molar-refractivity contribution in [3.8, 4) is 0 Å². The van der Waals surface area contributed by atoms with Crippen molar-refractivity contribution in [2.45, 2.75) is 25.9 Å². The van der Waals surface area contributed by atoms with E-state index in [-0.39, 0.29) is 11.9 Å². The van der Waals surface area contributed by atoms with Crippen LogP contribution in [-0.2, 0) is 6.54 Å². The first kappa shape index (κ1) is 12.8. The van der Waals surface area contributed by atoms with Crippen molar-refractivity contribution in [1.29, 1.82) is 0 Å². The van der Waals surface area contributed by atoms with Crippen LogP contribution in [0.5, 0.6) is 0 Å². The van der Waals surface area contributed by atoms with Crippen molar-refractivity contribution >= 4 is 11.6 Å². The van der Waals surface area contributed by atoms with E-state index in [2.05, 4.69) is 11.8 Å². The second-order valence-corrected chi connectivity index (χ2v) is 5.34. The molecule has 1 aromatic carbocycles. The van der Waals surface area contributed by atoms with Crippen LogP contribution in [0, 0.1) is 11.7 Å². The summed E-state index contributed by atoms with van der Waals surface area (Å²) in [5, 5.41) is 0.586. The fourth-order valence-corrected chi connectivity index (χ4v) is 2.49. The lowest BCUT2D eigenvalue weighted by Crippen LogP contribution is -2.45. The van der Waals surface area contributed by atoms with Gasteiger partial charge in [-0.05, 0) is 37.1 Å². The molecule has 17 heavy (non-hydrogen) atoms. The van der Waals surface area contributed by atoms with Crippen LogP contribution in [0.1, 0.15) is 18.9 Å². The lowest BCUT2D eigenvalue weighted by atomic mass is 9.94. The van der Waals surface area contributed by atoms with Gasteiger partial charge in [0.1, 0.15) is 5.82 Å². The average molecular weight is 257 g/mol. The Labute approximate surface area is 107 Å². The molecule has 94 valence electrons. The van der Waals surface area contributed by atoms with Crippen LogP contribution >= 0.6 is 11.6 Å². The average Bonchev–Trinajstić information content (AvgIpc) is 2.29. The van der Waals surface area contributed by atoms with Crippen LogP contribution in [0.3, 0.4) is 0 Å². The summed E-state index contributed by atoms with van der Waals surface area (Å²) >= 11 is 5.88. The van der Waals surface area contributed by atoms with Gasteiger partial charge in [0, 0.05) is 29.7 Å². The third kappa shape index (κ3) is 3.18. The number of rotatable bonds is 2. The topological polar surface area (TPSA) is 29.3 Å². The lowest BCUT2D eigenvalue weighted by molar-refractivity contribution is 0.156. The van der Waals surface area contributed by atoms with Crippen LogP contribution in [0.15, 0.2) is 18.2 Å². The van der Waals surface area contributed by atoms with Crippen LogP contribution in [0.4, 0.5) is 4.39 Å². The molecule has 0 saturated carbocycles. The fraction of sp³-hybridized carbons (Fsp3) is 0.538. The molecule has 0 aromatic heterocycles. The van der Waals surface area contributed by atoms with E-state index < -0.39 is 0 Å². The molecule has 2 nitrogen and oxygen atoms in total. The first-order chi connectivity index (χ1) is 8.06. The SMILES string of the molecule is CC1CN(Cc2cc(Cl)ccc2F)CCC1N. The van der Waals surface area contributed by atoms with Crippen LogP contribution in [0.25, 0.3) is 0 Å². The van der Waals surface area contributed by atoms with E-state index in [0.29, 0.717) is 23.0 Å². The molecular weight excluding hydrogens is 239 g/mol. The molecule has 0 bridgehead atoms. The van der Waals surface area contributed by atoms with E-state index in [1.54, 1.807) is 12.1 Å². The molecule has 1 aliphatic rings. The van der Waals surface area contributed by atoms with Gasteiger partial charge in [-0.2, -0.15) is 0 Å². The monoisotopic (exact) mass is 256 g/mol. The number of nitrogens with two attached hydrogens (primary N) is 1. The third-order valence-corrected chi connectivity index (χ3v) is 3.69. The molecule has 0 amide bonds. The normalized spacial score (nSPS) is 26.1. The molecule has 1 aromatic rings. The minimum atomic E-state index is -0.183. The first-order valence-electron chi connectivity index (χ1n) is 5.98. The third-order valence-electron chi connectivity index (χ3n) is 3.46. The number of hydrogen-bond donors (Lipinski definition) is 1. The molecule has 4 heteroatoms. The lowest BCUT2D eigenvalue weighted by Gasteiger charge is -2.35. The number of piperidine rings is 1. The first-order valence-corrected chi connectivity index (χ1v) is 6.36. The zero-order valence-corrected chi connectivity index (χ0v) is 10.8. The van der Waals surface area contributed by atoms with E-state index in [0.717, 1.165) is 19.5 Å². The summed E-state index contributed by atoms with van der Waals surface area (Å²) in [5.41, 5.74) is 6.63. The quantitative estimate of drug-likeness (QED) is 0.882. The summed E-state index contributed by atoms with van der Waals surface area (Å²) in [5.74, 6) is 0.280. The minimum absolute atomic E-state index is 0.183. The van der Waals surface area contributed by atoms with Crippen LogP contribution in [0.2, 0.25) is 5.02 Å². The van der Waals surface area contributed by atoms with Gasteiger partial charge in [-0.25, -0.2) is 4.39 Å². The van der Waals surface area contributed by atoms with Crippen molar-refractivity contribution < 1.29 is 4.39 Å². The molecule has 2 unspecified atom stereocenters. The molecule has 2 N–H and O–H groups in total. The van der Waals surface area contributed by atoms with Gasteiger partial charge in [-0.3, -0.25) is 4.90 Å². The van der Waals surface area contributed by atoms with E-state index in [4.69, 9.17) is 17.3 Å². The van der Waals surface area contributed by atoms with Crippen molar-refractivity contribution in [3.05, 3.63) is 34.6 Å². The highest BCUT2D eigenvalue weighted by Gasteiger charge is 2.23. The van der Waals surface area contributed by atoms with Crippen molar-refractivity contribution in [1.82, 2.24) is 4.90 Å². The number of likely N-dealkylation sites (tertiary alicyclic amines) is 1. The van der Waals surface area contributed by atoms with Crippen molar-refractivity contribution in [2.24, 2.45) is 11.7 Å². The highest BCUT2D eigenvalue weighted by molar-refractivity contribution is 6.30. The predicted molar refractivity (Wildman–Crippen MR) is 68.4 cm³/mol. The number of benzene rings is 1. The Morgan fingerprint density at radius 1 is 1.53 bits per heavy atom. The summed E-state index contributed by atoms with van der Waals surface area (Å²) in [6.45, 7) is 4.61. The van der Waals surface area contributed by atoms with Crippen LogP contribution < -0.4 is 5.73 Å². The second kappa shape index (κ2) is 5.34. The Morgan fingerprint density at radius 2 is 2.29 bits per heavy atom. The predicted octanol–water partition coefficient (Wildman–Crippen LogP) is 2.65. The zero-order chi connectivity index (χ0) is 12.4. The van der Waals surface area contributed by atoms with Gasteiger partial charge in [0.05, 0.1) is 0 Å². The number of nitrogens with zero attached hydrogens (tertiary/aromatic N) is 1. The maximum Gasteiger partial charge on any atom is 0.127 e. The maximum absolute atomic E-state index is 13.6. The molecule has 0 spiro atoms. The standard InChI is InChI=1S/C13H18ClFN2/c1-9-7-17(5-4-13(9)16)8-10-6-11(14)2-3-12(10)15/h2-3,6,9,13H,4-5,7-8,16H2,1H3. The highest BCUT2D eigenvalue weighted by atomic mass is 35.5. The van der Waals surface area contributed by atoms with Crippen molar-refractivity contribution in [3.63, 3.8) is 0 Å². The summed E-state index contributed by atoms with van der Waals surface area (Å²) in [7, 11) is 0. The Bertz CT molecular complexity index is 397. The number of hydrogen-bond acceptors (Lipinski definition) is 2. The second-order valence-electron chi connectivity index (χ2n) is 4.90. The number of halogens is 2. The smallest absolute Gasteiger partial charge is 0.127 e. The Morgan fingerprint density at radius 3 is 3.00 bits per heavy atom. The van der Waals surface area contributed by atoms with Gasteiger partial charge in [-0.1, -0.05) is 18.5 Å². The molecule has 2 rings (SSSR count). The van der Waals surface area contributed by atoms with Gasteiger partial charge < -0.3 is 5.73 Å². The Hall–Kier alpha value is -0.640. The molecule has 1 saturated heterocycles. The molecule has 0 radical (unpaired) electrons. The molecule has 1 aliphatic heterocycles. The van der Waals surface area contributed by atoms with E-state index in [1.165, 1.54) is 6.07 Å². The summed E-state index contributed by atoms with van der Waals surface area (Å²) in [4.78, 5) is 2.24. The fourth-order valence-electron chi connectivity index (χ4n) is 2.30. The molecule has 0 aliphatic carbocycles. The van der Waals surface area contributed by atoms with Gasteiger partial charge in [-0.15, -0.1) is 0 Å². The molecular formula is C13H18ClFN2. The van der Waals surface area contributed by atoms with E-state index in [1.807, 2.05) is 0 Å². The molecule has 2 atom stereocenters. The van der Waals surface area contributed by atoms with Crippen molar-refractivity contribution in [2.75, 3.05) is 13.1 Å².